The molecule has 8 heteroatoms. The SMILES string of the molecule is Cn1c(C(N)=O)cc2c1CN(C(=O)C1CNNC1c1cccc(F)c1)CC2. The number of hydrogen-bond donors (Lipinski definition) is 3. The van der Waals surface area contributed by atoms with Crippen molar-refractivity contribution in [1.29, 1.82) is 0 Å². The van der Waals surface area contributed by atoms with Crippen LogP contribution >= 0.6 is 0 Å². The Morgan fingerprint density at radius 1 is 1.30 bits per heavy atom. The molecule has 27 heavy (non-hydrogen) atoms. The number of carbonyl (C=O) groups excluding carboxylic acids is 2. The van der Waals surface area contributed by atoms with Gasteiger partial charge in [0.15, 0.2) is 0 Å². The zero-order chi connectivity index (χ0) is 19.1. The lowest BCUT2D eigenvalue weighted by atomic mass is 9.93. The van der Waals surface area contributed by atoms with E-state index in [9.17, 15) is 14.0 Å². The summed E-state index contributed by atoms with van der Waals surface area (Å²) in [4.78, 5) is 26.6. The Morgan fingerprint density at radius 3 is 2.85 bits per heavy atom. The van der Waals surface area contributed by atoms with Gasteiger partial charge in [-0.3, -0.25) is 15.0 Å². The molecule has 1 fully saturated rings. The van der Waals surface area contributed by atoms with Gasteiger partial charge in [-0.05, 0) is 35.7 Å². The average molecular weight is 371 g/mol. The third-order valence-corrected chi connectivity index (χ3v) is 5.51. The average Bonchev–Trinajstić information content (AvgIpc) is 3.26. The van der Waals surface area contributed by atoms with Gasteiger partial charge >= 0.3 is 0 Å². The van der Waals surface area contributed by atoms with Gasteiger partial charge < -0.3 is 15.2 Å². The third kappa shape index (κ3) is 3.11. The van der Waals surface area contributed by atoms with E-state index in [-0.39, 0.29) is 23.7 Å². The third-order valence-electron chi connectivity index (χ3n) is 5.51. The molecule has 0 radical (unpaired) electrons. The molecule has 4 N–H and O–H groups in total. The summed E-state index contributed by atoms with van der Waals surface area (Å²) in [6, 6.07) is 7.83. The molecule has 1 saturated heterocycles. The standard InChI is InChI=1S/C19H22FN5O2/c1-24-15(18(21)26)8-11-5-6-25(10-16(11)24)19(27)14-9-22-23-17(14)12-3-2-4-13(20)7-12/h2-4,7-8,14,17,22-23H,5-6,9-10H2,1H3,(H2,21,26). The smallest absolute Gasteiger partial charge is 0.265 e. The Bertz CT molecular complexity index is 910. The van der Waals surface area contributed by atoms with Crippen molar-refractivity contribution in [3.63, 3.8) is 0 Å². The van der Waals surface area contributed by atoms with Gasteiger partial charge in [-0.1, -0.05) is 12.1 Å². The van der Waals surface area contributed by atoms with Crippen LogP contribution in [0.1, 0.15) is 33.4 Å². The quantitative estimate of drug-likeness (QED) is 0.737. The molecular formula is C19H22FN5O2. The highest BCUT2D eigenvalue weighted by atomic mass is 19.1. The molecule has 142 valence electrons. The van der Waals surface area contributed by atoms with Crippen molar-refractivity contribution in [2.75, 3.05) is 13.1 Å². The summed E-state index contributed by atoms with van der Waals surface area (Å²) in [7, 11) is 1.79. The number of hydrogen-bond acceptors (Lipinski definition) is 4. The summed E-state index contributed by atoms with van der Waals surface area (Å²) in [6.45, 7) is 1.49. The molecule has 2 unspecified atom stereocenters. The highest BCUT2D eigenvalue weighted by Crippen LogP contribution is 2.29. The molecule has 2 amide bonds. The van der Waals surface area contributed by atoms with Crippen molar-refractivity contribution in [2.45, 2.75) is 19.0 Å². The molecule has 2 atom stereocenters. The molecule has 2 aromatic rings. The molecule has 1 aromatic carbocycles. The van der Waals surface area contributed by atoms with Gasteiger partial charge in [0.2, 0.25) is 5.91 Å². The first kappa shape index (κ1) is 17.7. The fourth-order valence-electron chi connectivity index (χ4n) is 4.05. The Hall–Kier alpha value is -2.71. The van der Waals surface area contributed by atoms with Crippen LogP contribution in [0.2, 0.25) is 0 Å². The minimum Gasteiger partial charge on any atom is -0.364 e. The first-order chi connectivity index (χ1) is 13.0. The van der Waals surface area contributed by atoms with Crippen molar-refractivity contribution in [1.82, 2.24) is 20.3 Å². The second-order valence-corrected chi connectivity index (χ2v) is 7.10. The summed E-state index contributed by atoms with van der Waals surface area (Å²) in [5.41, 5.74) is 14.7. The molecule has 0 bridgehead atoms. The van der Waals surface area contributed by atoms with E-state index >= 15 is 0 Å². The van der Waals surface area contributed by atoms with Gasteiger partial charge in [0.25, 0.3) is 5.91 Å². The van der Waals surface area contributed by atoms with Crippen LogP contribution in [0, 0.1) is 11.7 Å². The van der Waals surface area contributed by atoms with E-state index in [1.165, 1.54) is 12.1 Å². The van der Waals surface area contributed by atoms with Crippen molar-refractivity contribution in [2.24, 2.45) is 18.7 Å². The van der Waals surface area contributed by atoms with Crippen LogP contribution in [-0.4, -0.2) is 34.4 Å². The normalized spacial score (nSPS) is 21.9. The summed E-state index contributed by atoms with van der Waals surface area (Å²) in [6.07, 6.45) is 0.681. The molecule has 4 rings (SSSR count). The van der Waals surface area contributed by atoms with Crippen LogP contribution in [0.5, 0.6) is 0 Å². The monoisotopic (exact) mass is 371 g/mol. The predicted octanol–water partition coefficient (Wildman–Crippen LogP) is 0.613. The van der Waals surface area contributed by atoms with E-state index in [4.69, 9.17) is 5.73 Å². The minimum atomic E-state index is -0.472. The largest absolute Gasteiger partial charge is 0.364 e. The summed E-state index contributed by atoms with van der Waals surface area (Å²) in [5.74, 6) is -1.11. The Morgan fingerprint density at radius 2 is 2.11 bits per heavy atom. The number of amides is 2. The molecule has 7 nitrogen and oxygen atoms in total. The second kappa shape index (κ2) is 6.79. The van der Waals surface area contributed by atoms with Crippen LogP contribution < -0.4 is 16.6 Å². The first-order valence-corrected chi connectivity index (χ1v) is 8.95. The maximum atomic E-state index is 13.6. The van der Waals surface area contributed by atoms with Crippen molar-refractivity contribution < 1.29 is 14.0 Å². The molecule has 0 saturated carbocycles. The molecule has 2 aliphatic heterocycles. The molecule has 1 aromatic heterocycles. The number of fused-ring (bicyclic) bond motifs is 1. The zero-order valence-corrected chi connectivity index (χ0v) is 15.0. The van der Waals surface area contributed by atoms with Gasteiger partial charge in [0.1, 0.15) is 11.5 Å². The number of rotatable bonds is 3. The van der Waals surface area contributed by atoms with Gasteiger partial charge in [-0.15, -0.1) is 0 Å². The number of aromatic nitrogens is 1. The molecule has 2 aliphatic rings. The summed E-state index contributed by atoms with van der Waals surface area (Å²) >= 11 is 0. The van der Waals surface area contributed by atoms with Gasteiger partial charge in [0, 0.05) is 25.8 Å². The number of nitrogens with two attached hydrogens (primary N) is 1. The van der Waals surface area contributed by atoms with Gasteiger partial charge in [-0.25, -0.2) is 9.82 Å². The lowest BCUT2D eigenvalue weighted by Crippen LogP contribution is -2.42. The Labute approximate surface area is 156 Å². The van der Waals surface area contributed by atoms with Crippen molar-refractivity contribution >= 4 is 11.8 Å². The maximum absolute atomic E-state index is 13.6. The van der Waals surface area contributed by atoms with E-state index < -0.39 is 5.91 Å². The van der Waals surface area contributed by atoms with E-state index in [0.29, 0.717) is 31.7 Å². The predicted molar refractivity (Wildman–Crippen MR) is 96.8 cm³/mol. The van der Waals surface area contributed by atoms with E-state index in [1.54, 1.807) is 22.6 Å². The highest BCUT2D eigenvalue weighted by molar-refractivity contribution is 5.92. The second-order valence-electron chi connectivity index (χ2n) is 7.10. The van der Waals surface area contributed by atoms with Gasteiger partial charge in [0.05, 0.1) is 18.5 Å². The van der Waals surface area contributed by atoms with Crippen molar-refractivity contribution in [3.05, 3.63) is 58.7 Å². The van der Waals surface area contributed by atoms with Crippen LogP contribution in [0.15, 0.2) is 30.3 Å². The van der Waals surface area contributed by atoms with E-state index in [0.717, 1.165) is 16.8 Å². The number of nitrogens with zero attached hydrogens (tertiary/aromatic N) is 2. The van der Waals surface area contributed by atoms with Crippen LogP contribution in [0.3, 0.4) is 0 Å². The molecule has 0 spiro atoms. The lowest BCUT2D eigenvalue weighted by molar-refractivity contribution is -0.136. The number of benzene rings is 1. The molecular weight excluding hydrogens is 349 g/mol. The zero-order valence-electron chi connectivity index (χ0n) is 15.0. The Kier molecular flexibility index (Phi) is 4.45. The van der Waals surface area contributed by atoms with E-state index in [1.807, 2.05) is 12.1 Å². The van der Waals surface area contributed by atoms with E-state index in [2.05, 4.69) is 10.9 Å². The lowest BCUT2D eigenvalue weighted by Gasteiger charge is -2.31. The minimum absolute atomic E-state index is 0.00855. The fourth-order valence-corrected chi connectivity index (χ4v) is 4.05. The summed E-state index contributed by atoms with van der Waals surface area (Å²) in [5, 5.41) is 0. The van der Waals surface area contributed by atoms with Crippen molar-refractivity contribution in [3.8, 4) is 0 Å². The number of carbonyl (C=O) groups is 2. The molecule has 3 heterocycles. The number of primary amides is 1. The Balaban J connectivity index is 1.55. The van der Waals surface area contributed by atoms with Crippen LogP contribution in [0.25, 0.3) is 0 Å². The maximum Gasteiger partial charge on any atom is 0.265 e. The molecule has 0 aliphatic carbocycles. The van der Waals surface area contributed by atoms with Crippen LogP contribution in [-0.2, 0) is 24.8 Å². The van der Waals surface area contributed by atoms with Crippen LogP contribution in [0.4, 0.5) is 4.39 Å². The highest BCUT2D eigenvalue weighted by Gasteiger charge is 2.38. The van der Waals surface area contributed by atoms with Gasteiger partial charge in [-0.2, -0.15) is 0 Å². The topological polar surface area (TPSA) is 92.4 Å². The fraction of sp³-hybridized carbons (Fsp3) is 0.368. The summed E-state index contributed by atoms with van der Waals surface area (Å²) < 4.78 is 15.4. The number of hydrazine groups is 1. The number of halogens is 1. The number of nitrogens with one attached hydrogen (secondary N) is 2. The first-order valence-electron chi connectivity index (χ1n) is 8.95.